The number of carbonyl (C=O) groups is 1. The van der Waals surface area contributed by atoms with E-state index in [2.05, 4.69) is 10.1 Å². The molecule has 0 aromatic heterocycles. The van der Waals surface area contributed by atoms with Crippen LogP contribution >= 0.6 is 0 Å². The Morgan fingerprint density at radius 1 is 1.58 bits per heavy atom. The van der Waals surface area contributed by atoms with Crippen LogP contribution in [0.25, 0.3) is 0 Å². The monoisotopic (exact) mass is 261 g/mol. The molecular formula is C12H11N3O4. The highest BCUT2D eigenvalue weighted by molar-refractivity contribution is 5.93. The predicted octanol–water partition coefficient (Wildman–Crippen LogP) is 1.90. The number of nitriles is 1. The second-order valence-corrected chi connectivity index (χ2v) is 3.56. The molecular weight excluding hydrogens is 250 g/mol. The molecule has 0 saturated carbocycles. The minimum absolute atomic E-state index is 0.0273. The molecule has 0 unspecified atom stereocenters. The van der Waals surface area contributed by atoms with Gasteiger partial charge in [0, 0.05) is 24.0 Å². The van der Waals surface area contributed by atoms with E-state index in [1.807, 2.05) is 0 Å². The molecule has 7 nitrogen and oxygen atoms in total. The van der Waals surface area contributed by atoms with Crippen LogP contribution in [0.15, 0.2) is 30.0 Å². The topological polar surface area (TPSA) is 105 Å². The standard InChI is InChI=1S/C12H11N3O4/c1-8-5-10(15(17)18)3-4-11(8)14-7-9(6-13)12(16)19-2/h3-5,7,14H,1-2H3/b9-7+. The Bertz CT molecular complexity index is 587. The van der Waals surface area contributed by atoms with Gasteiger partial charge >= 0.3 is 5.97 Å². The van der Waals surface area contributed by atoms with E-state index in [1.165, 1.54) is 31.5 Å². The Balaban J connectivity index is 2.95. The summed E-state index contributed by atoms with van der Waals surface area (Å²) >= 11 is 0. The lowest BCUT2D eigenvalue weighted by molar-refractivity contribution is -0.384. The third-order valence-corrected chi connectivity index (χ3v) is 2.32. The van der Waals surface area contributed by atoms with Crippen molar-refractivity contribution >= 4 is 17.3 Å². The first-order valence-corrected chi connectivity index (χ1v) is 5.19. The van der Waals surface area contributed by atoms with E-state index in [1.54, 1.807) is 13.0 Å². The lowest BCUT2D eigenvalue weighted by Crippen LogP contribution is -2.05. The number of ether oxygens (including phenoxy) is 1. The summed E-state index contributed by atoms with van der Waals surface area (Å²) in [6.45, 7) is 1.67. The summed E-state index contributed by atoms with van der Waals surface area (Å²) in [7, 11) is 1.17. The molecule has 98 valence electrons. The summed E-state index contributed by atoms with van der Waals surface area (Å²) in [5, 5.41) is 22.1. The van der Waals surface area contributed by atoms with E-state index in [4.69, 9.17) is 5.26 Å². The number of rotatable bonds is 4. The fraction of sp³-hybridized carbons (Fsp3) is 0.167. The maximum absolute atomic E-state index is 11.2. The number of non-ortho nitro benzene ring substituents is 1. The molecule has 0 aliphatic heterocycles. The van der Waals surface area contributed by atoms with Gasteiger partial charge in [0.2, 0.25) is 0 Å². The van der Waals surface area contributed by atoms with Crippen molar-refractivity contribution in [1.29, 1.82) is 5.26 Å². The zero-order valence-corrected chi connectivity index (χ0v) is 10.3. The average Bonchev–Trinajstić information content (AvgIpc) is 2.40. The van der Waals surface area contributed by atoms with Crippen LogP contribution < -0.4 is 5.32 Å². The number of anilines is 1. The molecule has 1 N–H and O–H groups in total. The van der Waals surface area contributed by atoms with Gasteiger partial charge in [-0.2, -0.15) is 5.26 Å². The average molecular weight is 261 g/mol. The van der Waals surface area contributed by atoms with Crippen molar-refractivity contribution in [3.05, 3.63) is 45.6 Å². The molecule has 0 heterocycles. The molecule has 0 amide bonds. The Kier molecular flexibility index (Phi) is 4.60. The van der Waals surface area contributed by atoms with Crippen molar-refractivity contribution in [2.75, 3.05) is 12.4 Å². The first kappa shape index (κ1) is 14.2. The number of esters is 1. The minimum Gasteiger partial charge on any atom is -0.465 e. The second-order valence-electron chi connectivity index (χ2n) is 3.56. The second kappa shape index (κ2) is 6.16. The minimum atomic E-state index is -0.755. The summed E-state index contributed by atoms with van der Waals surface area (Å²) in [4.78, 5) is 21.2. The van der Waals surface area contributed by atoms with Crippen molar-refractivity contribution in [3.8, 4) is 6.07 Å². The van der Waals surface area contributed by atoms with E-state index in [-0.39, 0.29) is 11.3 Å². The van der Waals surface area contributed by atoms with E-state index in [9.17, 15) is 14.9 Å². The van der Waals surface area contributed by atoms with E-state index < -0.39 is 10.9 Å². The maximum Gasteiger partial charge on any atom is 0.350 e. The van der Waals surface area contributed by atoms with Gasteiger partial charge in [0.25, 0.3) is 5.69 Å². The smallest absolute Gasteiger partial charge is 0.350 e. The van der Waals surface area contributed by atoms with Gasteiger partial charge in [-0.25, -0.2) is 4.79 Å². The van der Waals surface area contributed by atoms with Gasteiger partial charge in [-0.15, -0.1) is 0 Å². The van der Waals surface area contributed by atoms with E-state index >= 15 is 0 Å². The Labute approximate surface area is 109 Å². The molecule has 1 aromatic rings. The molecule has 0 aliphatic rings. The third-order valence-electron chi connectivity index (χ3n) is 2.32. The van der Waals surface area contributed by atoms with Crippen LogP contribution in [0.3, 0.4) is 0 Å². The molecule has 1 rings (SSSR count). The van der Waals surface area contributed by atoms with Crippen molar-refractivity contribution in [2.45, 2.75) is 6.92 Å². The number of aryl methyl sites for hydroxylation is 1. The first-order valence-electron chi connectivity index (χ1n) is 5.19. The Morgan fingerprint density at radius 3 is 2.74 bits per heavy atom. The molecule has 0 fully saturated rings. The zero-order valence-electron chi connectivity index (χ0n) is 10.3. The number of nitro groups is 1. The number of carbonyl (C=O) groups excluding carboxylic acids is 1. The van der Waals surface area contributed by atoms with Crippen molar-refractivity contribution in [1.82, 2.24) is 0 Å². The fourth-order valence-electron chi connectivity index (χ4n) is 1.32. The van der Waals surface area contributed by atoms with Gasteiger partial charge in [0.1, 0.15) is 6.07 Å². The van der Waals surface area contributed by atoms with E-state index in [0.29, 0.717) is 11.3 Å². The molecule has 0 saturated heterocycles. The maximum atomic E-state index is 11.2. The normalized spacial score (nSPS) is 10.5. The molecule has 1 aromatic carbocycles. The van der Waals surface area contributed by atoms with Gasteiger partial charge in [0.05, 0.1) is 12.0 Å². The SMILES string of the molecule is COC(=O)/C(C#N)=C/Nc1ccc([N+](=O)[O-])cc1C. The lowest BCUT2D eigenvalue weighted by atomic mass is 10.2. The number of hydrogen-bond acceptors (Lipinski definition) is 6. The van der Waals surface area contributed by atoms with Crippen LogP contribution in [0, 0.1) is 28.4 Å². The third kappa shape index (κ3) is 3.54. The Hall–Kier alpha value is -2.88. The number of nitrogens with zero attached hydrogens (tertiary/aromatic N) is 2. The number of nitrogens with one attached hydrogen (secondary N) is 1. The van der Waals surface area contributed by atoms with Crippen LogP contribution in [0.1, 0.15) is 5.56 Å². The van der Waals surface area contributed by atoms with Gasteiger partial charge in [-0.3, -0.25) is 10.1 Å². The molecule has 0 atom stereocenters. The van der Waals surface area contributed by atoms with Crippen molar-refractivity contribution in [2.24, 2.45) is 0 Å². The molecule has 0 spiro atoms. The quantitative estimate of drug-likeness (QED) is 0.292. The van der Waals surface area contributed by atoms with Crippen molar-refractivity contribution < 1.29 is 14.5 Å². The summed E-state index contributed by atoms with van der Waals surface area (Å²) < 4.78 is 4.41. The molecule has 19 heavy (non-hydrogen) atoms. The summed E-state index contributed by atoms with van der Waals surface area (Å²) in [6, 6.07) is 5.90. The molecule has 0 aliphatic carbocycles. The lowest BCUT2D eigenvalue weighted by Gasteiger charge is -2.05. The van der Waals surface area contributed by atoms with Gasteiger partial charge in [-0.05, 0) is 18.6 Å². The van der Waals surface area contributed by atoms with Gasteiger partial charge in [-0.1, -0.05) is 0 Å². The highest BCUT2D eigenvalue weighted by Crippen LogP contribution is 2.21. The van der Waals surface area contributed by atoms with Crippen LogP contribution in [-0.2, 0) is 9.53 Å². The predicted molar refractivity (Wildman–Crippen MR) is 67.2 cm³/mol. The van der Waals surface area contributed by atoms with Gasteiger partial charge < -0.3 is 10.1 Å². The molecule has 0 bridgehead atoms. The van der Waals surface area contributed by atoms with Crippen LogP contribution in [-0.4, -0.2) is 18.0 Å². The highest BCUT2D eigenvalue weighted by atomic mass is 16.6. The number of hydrogen-bond donors (Lipinski definition) is 1. The highest BCUT2D eigenvalue weighted by Gasteiger charge is 2.10. The Morgan fingerprint density at radius 2 is 2.26 bits per heavy atom. The number of benzene rings is 1. The summed E-state index contributed by atoms with van der Waals surface area (Å²) in [6.07, 6.45) is 1.19. The molecule has 7 heteroatoms. The first-order chi connectivity index (χ1) is 8.99. The number of nitro benzene ring substituents is 1. The largest absolute Gasteiger partial charge is 0.465 e. The summed E-state index contributed by atoms with van der Waals surface area (Å²) in [5.74, 6) is -0.755. The molecule has 0 radical (unpaired) electrons. The van der Waals surface area contributed by atoms with Crippen LogP contribution in [0.2, 0.25) is 0 Å². The fourth-order valence-corrected chi connectivity index (χ4v) is 1.32. The van der Waals surface area contributed by atoms with Crippen molar-refractivity contribution in [3.63, 3.8) is 0 Å². The summed E-state index contributed by atoms with van der Waals surface area (Å²) in [5.41, 5.74) is 0.954. The number of methoxy groups -OCH3 is 1. The van der Waals surface area contributed by atoms with Crippen LogP contribution in [0.5, 0.6) is 0 Å². The van der Waals surface area contributed by atoms with E-state index in [0.717, 1.165) is 0 Å². The van der Waals surface area contributed by atoms with Gasteiger partial charge in [0.15, 0.2) is 5.57 Å². The zero-order chi connectivity index (χ0) is 14.4. The van der Waals surface area contributed by atoms with Crippen LogP contribution in [0.4, 0.5) is 11.4 Å².